The summed E-state index contributed by atoms with van der Waals surface area (Å²) in [6, 6.07) is 6.21. The Labute approximate surface area is 71.9 Å². The van der Waals surface area contributed by atoms with Gasteiger partial charge >= 0.3 is 0 Å². The first kappa shape index (κ1) is 7.35. The molecule has 0 saturated carbocycles. The summed E-state index contributed by atoms with van der Waals surface area (Å²) < 4.78 is 2.13. The third kappa shape index (κ3) is 0.998. The van der Waals surface area contributed by atoms with Crippen molar-refractivity contribution in [3.8, 4) is 0 Å². The monoisotopic (exact) mass is 160 g/mol. The van der Waals surface area contributed by atoms with Gasteiger partial charge in [0.05, 0.1) is 0 Å². The van der Waals surface area contributed by atoms with Gasteiger partial charge in [-0.1, -0.05) is 19.9 Å². The van der Waals surface area contributed by atoms with E-state index in [2.05, 4.69) is 35.4 Å². The van der Waals surface area contributed by atoms with Crippen LogP contribution in [0.5, 0.6) is 0 Å². The fraction of sp³-hybridized carbons (Fsp3) is 0.300. The molecule has 2 rings (SSSR count). The van der Waals surface area contributed by atoms with E-state index in [0.717, 1.165) is 5.65 Å². The zero-order chi connectivity index (χ0) is 8.55. The van der Waals surface area contributed by atoms with Gasteiger partial charge in [-0.15, -0.1) is 0 Å². The largest absolute Gasteiger partial charge is 0.304 e. The number of nitrogens with zero attached hydrogens (tertiary/aromatic N) is 2. The van der Waals surface area contributed by atoms with E-state index >= 15 is 0 Å². The molecular formula is C10H12N2. The highest BCUT2D eigenvalue weighted by atomic mass is 15.0. The molecule has 0 bridgehead atoms. The smallest absolute Gasteiger partial charge is 0.136 e. The fourth-order valence-corrected chi connectivity index (χ4v) is 1.44. The van der Waals surface area contributed by atoms with Crippen molar-refractivity contribution in [3.63, 3.8) is 0 Å². The molecule has 0 saturated heterocycles. The van der Waals surface area contributed by atoms with Gasteiger partial charge in [-0.3, -0.25) is 0 Å². The molecule has 0 aromatic carbocycles. The molecule has 12 heavy (non-hydrogen) atoms. The molecule has 0 N–H and O–H groups in total. The molecule has 0 atom stereocenters. The van der Waals surface area contributed by atoms with Crippen molar-refractivity contribution in [2.45, 2.75) is 19.8 Å². The number of rotatable bonds is 1. The van der Waals surface area contributed by atoms with Gasteiger partial charge < -0.3 is 4.40 Å². The van der Waals surface area contributed by atoms with E-state index in [1.165, 1.54) is 5.69 Å². The summed E-state index contributed by atoms with van der Waals surface area (Å²) in [4.78, 5) is 4.22. The van der Waals surface area contributed by atoms with Crippen molar-refractivity contribution >= 4 is 5.65 Å². The molecule has 0 aliphatic carbocycles. The van der Waals surface area contributed by atoms with Gasteiger partial charge in [0.25, 0.3) is 0 Å². The Kier molecular flexibility index (Phi) is 1.61. The third-order valence-corrected chi connectivity index (χ3v) is 2.05. The molecule has 2 heterocycles. The van der Waals surface area contributed by atoms with Crippen molar-refractivity contribution < 1.29 is 0 Å². The molecule has 2 heteroatoms. The van der Waals surface area contributed by atoms with E-state index in [1.54, 1.807) is 0 Å². The number of hydrogen-bond donors (Lipinski definition) is 0. The van der Waals surface area contributed by atoms with Crippen molar-refractivity contribution in [2.24, 2.45) is 0 Å². The van der Waals surface area contributed by atoms with Crippen LogP contribution in [0.3, 0.4) is 0 Å². The second kappa shape index (κ2) is 2.63. The van der Waals surface area contributed by atoms with Crippen LogP contribution >= 0.6 is 0 Å². The lowest BCUT2D eigenvalue weighted by Gasteiger charge is -2.07. The van der Waals surface area contributed by atoms with Crippen LogP contribution in [0.4, 0.5) is 0 Å². The maximum Gasteiger partial charge on any atom is 0.136 e. The predicted octanol–water partition coefficient (Wildman–Crippen LogP) is 2.46. The molecule has 0 radical (unpaired) electrons. The van der Waals surface area contributed by atoms with Gasteiger partial charge in [0, 0.05) is 18.1 Å². The summed E-state index contributed by atoms with van der Waals surface area (Å²) in [5.74, 6) is 0.544. The van der Waals surface area contributed by atoms with Gasteiger partial charge in [0.2, 0.25) is 0 Å². The summed E-state index contributed by atoms with van der Waals surface area (Å²) >= 11 is 0. The van der Waals surface area contributed by atoms with Crippen LogP contribution in [0, 0.1) is 0 Å². The number of aromatic nitrogens is 2. The number of imidazole rings is 1. The van der Waals surface area contributed by atoms with Gasteiger partial charge in [-0.2, -0.15) is 0 Å². The van der Waals surface area contributed by atoms with Crippen LogP contribution in [-0.2, 0) is 0 Å². The Morgan fingerprint density at radius 1 is 1.33 bits per heavy atom. The molecule has 0 fully saturated rings. The summed E-state index contributed by atoms with van der Waals surface area (Å²) in [7, 11) is 0. The Hall–Kier alpha value is -1.31. The van der Waals surface area contributed by atoms with Crippen LogP contribution in [0.1, 0.15) is 25.5 Å². The Morgan fingerprint density at radius 2 is 2.17 bits per heavy atom. The van der Waals surface area contributed by atoms with Crippen molar-refractivity contribution in [2.75, 3.05) is 0 Å². The van der Waals surface area contributed by atoms with Crippen molar-refractivity contribution in [1.29, 1.82) is 0 Å². The summed E-state index contributed by atoms with van der Waals surface area (Å²) in [6.45, 7) is 4.38. The lowest BCUT2D eigenvalue weighted by molar-refractivity contribution is 0.801. The number of fused-ring (bicyclic) bond motifs is 1. The van der Waals surface area contributed by atoms with Crippen LogP contribution in [0.25, 0.3) is 5.65 Å². The number of pyridine rings is 1. The van der Waals surface area contributed by atoms with Gasteiger partial charge in [-0.25, -0.2) is 4.98 Å². The highest BCUT2D eigenvalue weighted by molar-refractivity contribution is 5.40. The van der Waals surface area contributed by atoms with Gasteiger partial charge in [0.1, 0.15) is 5.65 Å². The zero-order valence-electron chi connectivity index (χ0n) is 7.36. The van der Waals surface area contributed by atoms with Crippen molar-refractivity contribution in [3.05, 3.63) is 36.3 Å². The second-order valence-electron chi connectivity index (χ2n) is 3.26. The molecule has 2 aromatic rings. The Morgan fingerprint density at radius 3 is 2.92 bits per heavy atom. The molecule has 0 unspecified atom stereocenters. The average Bonchev–Trinajstić information content (AvgIpc) is 2.49. The maximum atomic E-state index is 4.22. The average molecular weight is 160 g/mol. The zero-order valence-corrected chi connectivity index (χ0v) is 7.36. The molecule has 0 spiro atoms. The minimum absolute atomic E-state index is 0.544. The van der Waals surface area contributed by atoms with E-state index < -0.39 is 0 Å². The fourth-order valence-electron chi connectivity index (χ4n) is 1.44. The van der Waals surface area contributed by atoms with E-state index in [0.29, 0.717) is 5.92 Å². The Bertz CT molecular complexity index is 387. The molecular weight excluding hydrogens is 148 g/mol. The number of hydrogen-bond acceptors (Lipinski definition) is 1. The molecule has 0 aliphatic heterocycles. The molecule has 2 aromatic heterocycles. The van der Waals surface area contributed by atoms with E-state index in [4.69, 9.17) is 0 Å². The van der Waals surface area contributed by atoms with Crippen LogP contribution in [0.2, 0.25) is 0 Å². The Balaban J connectivity index is 2.73. The molecule has 0 aliphatic rings. The first-order chi connectivity index (χ1) is 5.79. The lowest BCUT2D eigenvalue weighted by Crippen LogP contribution is -1.96. The topological polar surface area (TPSA) is 17.3 Å². The SMILES string of the molecule is CC(C)c1cccc2nccn12. The minimum atomic E-state index is 0.544. The van der Waals surface area contributed by atoms with Gasteiger partial charge in [-0.05, 0) is 18.1 Å². The maximum absolute atomic E-state index is 4.22. The van der Waals surface area contributed by atoms with Crippen LogP contribution in [0.15, 0.2) is 30.6 Å². The second-order valence-corrected chi connectivity index (χ2v) is 3.26. The highest BCUT2D eigenvalue weighted by Gasteiger charge is 2.02. The first-order valence-corrected chi connectivity index (χ1v) is 4.21. The summed E-state index contributed by atoms with van der Waals surface area (Å²) in [5, 5.41) is 0. The van der Waals surface area contributed by atoms with E-state index in [9.17, 15) is 0 Å². The summed E-state index contributed by atoms with van der Waals surface area (Å²) in [5.41, 5.74) is 2.34. The van der Waals surface area contributed by atoms with Crippen molar-refractivity contribution in [1.82, 2.24) is 9.38 Å². The van der Waals surface area contributed by atoms with Crippen LogP contribution in [-0.4, -0.2) is 9.38 Å². The van der Waals surface area contributed by atoms with E-state index in [-0.39, 0.29) is 0 Å². The quantitative estimate of drug-likeness (QED) is 0.626. The normalized spacial score (nSPS) is 11.2. The first-order valence-electron chi connectivity index (χ1n) is 4.21. The van der Waals surface area contributed by atoms with E-state index in [1.807, 2.05) is 18.5 Å². The molecule has 0 amide bonds. The molecule has 62 valence electrons. The van der Waals surface area contributed by atoms with Gasteiger partial charge in [0.15, 0.2) is 0 Å². The minimum Gasteiger partial charge on any atom is -0.304 e. The predicted molar refractivity (Wildman–Crippen MR) is 49.3 cm³/mol. The van der Waals surface area contributed by atoms with Crippen LogP contribution < -0.4 is 0 Å². The molecule has 2 nitrogen and oxygen atoms in total. The lowest BCUT2D eigenvalue weighted by atomic mass is 10.1. The standard InChI is InChI=1S/C10H12N2/c1-8(2)9-4-3-5-10-11-6-7-12(9)10/h3-8H,1-2H3. The highest BCUT2D eigenvalue weighted by Crippen LogP contribution is 2.15. The third-order valence-electron chi connectivity index (χ3n) is 2.05. The summed E-state index contributed by atoms with van der Waals surface area (Å²) in [6.07, 6.45) is 3.84.